The molecule has 0 radical (unpaired) electrons. The highest BCUT2D eigenvalue weighted by Gasteiger charge is 2.12. The SMILES string of the molecule is Cc1ccc(S(=O)(=O)O)cc1.ClCCOC(OCCCl)c1ccc(Cl)nc1.O. The summed E-state index contributed by atoms with van der Waals surface area (Å²) in [6, 6.07) is 9.46. The number of ether oxygens (including phenoxy) is 2. The predicted molar refractivity (Wildman–Crippen MR) is 110 cm³/mol. The molecule has 2 rings (SSSR count). The topological polar surface area (TPSA) is 117 Å². The quantitative estimate of drug-likeness (QED) is 0.270. The molecule has 0 atom stereocenters. The molecule has 3 N–H and O–H groups in total. The Morgan fingerprint density at radius 3 is 1.96 bits per heavy atom. The molecular formula is C17H22Cl3NO6S. The lowest BCUT2D eigenvalue weighted by molar-refractivity contribution is -0.139. The largest absolute Gasteiger partial charge is 0.412 e. The van der Waals surface area contributed by atoms with Crippen LogP contribution in [-0.2, 0) is 19.6 Å². The molecule has 0 aliphatic carbocycles. The van der Waals surface area contributed by atoms with Gasteiger partial charge in [0.15, 0.2) is 6.29 Å². The highest BCUT2D eigenvalue weighted by atomic mass is 35.5. The van der Waals surface area contributed by atoms with Gasteiger partial charge in [-0.1, -0.05) is 29.3 Å². The molecule has 0 saturated carbocycles. The summed E-state index contributed by atoms with van der Waals surface area (Å²) >= 11 is 16.8. The number of benzene rings is 1. The Morgan fingerprint density at radius 2 is 1.57 bits per heavy atom. The molecule has 1 aromatic heterocycles. The van der Waals surface area contributed by atoms with Crippen molar-refractivity contribution in [1.82, 2.24) is 4.98 Å². The summed E-state index contributed by atoms with van der Waals surface area (Å²) in [5, 5.41) is 0.428. The van der Waals surface area contributed by atoms with Crippen LogP contribution in [0.4, 0.5) is 0 Å². The van der Waals surface area contributed by atoms with Crippen molar-refractivity contribution < 1.29 is 27.9 Å². The highest BCUT2D eigenvalue weighted by molar-refractivity contribution is 7.85. The molecule has 0 unspecified atom stereocenters. The van der Waals surface area contributed by atoms with E-state index in [1.165, 1.54) is 12.1 Å². The van der Waals surface area contributed by atoms with Gasteiger partial charge < -0.3 is 14.9 Å². The van der Waals surface area contributed by atoms with Crippen LogP contribution in [0.1, 0.15) is 17.4 Å². The van der Waals surface area contributed by atoms with Crippen LogP contribution >= 0.6 is 34.8 Å². The van der Waals surface area contributed by atoms with Gasteiger partial charge >= 0.3 is 0 Å². The number of nitrogens with zero attached hydrogens (tertiary/aromatic N) is 1. The number of aryl methyl sites for hydroxylation is 1. The Bertz CT molecular complexity index is 764. The van der Waals surface area contributed by atoms with Gasteiger partial charge in [0, 0.05) is 23.5 Å². The maximum absolute atomic E-state index is 10.5. The first-order valence-corrected chi connectivity index (χ1v) is 10.7. The lowest BCUT2D eigenvalue weighted by Gasteiger charge is -2.17. The summed E-state index contributed by atoms with van der Waals surface area (Å²) in [5.41, 5.74) is 1.75. The second-order valence-electron chi connectivity index (χ2n) is 5.15. The molecule has 0 spiro atoms. The third-order valence-electron chi connectivity index (χ3n) is 3.03. The first-order chi connectivity index (χ1) is 12.8. The number of pyridine rings is 1. The average molecular weight is 475 g/mol. The van der Waals surface area contributed by atoms with Crippen LogP contribution in [-0.4, -0.2) is 48.4 Å². The normalized spacial score (nSPS) is 10.8. The van der Waals surface area contributed by atoms with E-state index in [0.29, 0.717) is 30.1 Å². The van der Waals surface area contributed by atoms with E-state index in [9.17, 15) is 8.42 Å². The predicted octanol–water partition coefficient (Wildman–Crippen LogP) is 3.66. The van der Waals surface area contributed by atoms with E-state index in [2.05, 4.69) is 4.98 Å². The molecule has 0 aliphatic rings. The molecule has 11 heteroatoms. The molecule has 1 heterocycles. The second-order valence-corrected chi connectivity index (χ2v) is 7.72. The van der Waals surface area contributed by atoms with Crippen LogP contribution in [0.5, 0.6) is 0 Å². The lowest BCUT2D eigenvalue weighted by atomic mass is 10.2. The van der Waals surface area contributed by atoms with Gasteiger partial charge in [-0.25, -0.2) is 4.98 Å². The van der Waals surface area contributed by atoms with Gasteiger partial charge in [0.1, 0.15) is 5.15 Å². The van der Waals surface area contributed by atoms with Gasteiger partial charge in [0.25, 0.3) is 10.1 Å². The van der Waals surface area contributed by atoms with Crippen LogP contribution in [0.2, 0.25) is 5.15 Å². The lowest BCUT2D eigenvalue weighted by Crippen LogP contribution is -2.12. The minimum absolute atomic E-state index is 0. The molecular weight excluding hydrogens is 453 g/mol. The van der Waals surface area contributed by atoms with Gasteiger partial charge in [-0.3, -0.25) is 4.55 Å². The van der Waals surface area contributed by atoms with Crippen molar-refractivity contribution in [2.24, 2.45) is 0 Å². The fourth-order valence-corrected chi connectivity index (χ4v) is 2.55. The molecule has 0 saturated heterocycles. The van der Waals surface area contributed by atoms with Crippen molar-refractivity contribution >= 4 is 44.9 Å². The monoisotopic (exact) mass is 473 g/mol. The van der Waals surface area contributed by atoms with Crippen molar-refractivity contribution in [1.29, 1.82) is 0 Å². The molecule has 1 aromatic carbocycles. The van der Waals surface area contributed by atoms with Gasteiger partial charge in [-0.2, -0.15) is 8.42 Å². The molecule has 0 amide bonds. The standard InChI is InChI=1S/C10H12Cl3NO2.C7H8O3S.H2O/c11-3-5-15-10(16-6-4-12)8-1-2-9(13)14-7-8;1-6-2-4-7(5-3-6)11(8,9)10;/h1-2,7,10H,3-6H2;2-5H,1H3,(H,8,9,10);1H2. The van der Waals surface area contributed by atoms with E-state index in [-0.39, 0.29) is 10.4 Å². The van der Waals surface area contributed by atoms with Crippen LogP contribution < -0.4 is 0 Å². The molecule has 2 aromatic rings. The first-order valence-electron chi connectivity index (χ1n) is 7.78. The van der Waals surface area contributed by atoms with E-state index >= 15 is 0 Å². The van der Waals surface area contributed by atoms with Crippen LogP contribution in [0.3, 0.4) is 0 Å². The average Bonchev–Trinajstić information content (AvgIpc) is 2.63. The molecule has 7 nitrogen and oxygen atoms in total. The Balaban J connectivity index is 0.000000535. The molecule has 0 bridgehead atoms. The molecule has 158 valence electrons. The van der Waals surface area contributed by atoms with Crippen molar-refractivity contribution in [2.45, 2.75) is 18.1 Å². The number of rotatable bonds is 8. The fourth-order valence-electron chi connectivity index (χ4n) is 1.78. The van der Waals surface area contributed by atoms with Crippen molar-refractivity contribution in [3.63, 3.8) is 0 Å². The van der Waals surface area contributed by atoms with Crippen molar-refractivity contribution in [3.05, 3.63) is 58.9 Å². The van der Waals surface area contributed by atoms with Crippen LogP contribution in [0, 0.1) is 6.92 Å². The minimum Gasteiger partial charge on any atom is -0.412 e. The van der Waals surface area contributed by atoms with Crippen molar-refractivity contribution in [2.75, 3.05) is 25.0 Å². The second kappa shape index (κ2) is 14.1. The summed E-state index contributed by atoms with van der Waals surface area (Å²) in [7, 11) is -4.02. The zero-order chi connectivity index (χ0) is 20.3. The van der Waals surface area contributed by atoms with E-state index in [4.69, 9.17) is 48.8 Å². The first kappa shape index (κ1) is 27.0. The van der Waals surface area contributed by atoms with Gasteiger partial charge in [0.05, 0.1) is 18.1 Å². The van der Waals surface area contributed by atoms with E-state index < -0.39 is 16.4 Å². The zero-order valence-electron chi connectivity index (χ0n) is 15.0. The number of halogens is 3. The number of hydrogen-bond acceptors (Lipinski definition) is 5. The molecule has 0 aliphatic heterocycles. The summed E-state index contributed by atoms with van der Waals surface area (Å²) in [6.45, 7) is 2.64. The van der Waals surface area contributed by atoms with E-state index in [1.807, 2.05) is 6.92 Å². The number of alkyl halides is 2. The van der Waals surface area contributed by atoms with Gasteiger partial charge in [0.2, 0.25) is 0 Å². The summed E-state index contributed by atoms with van der Waals surface area (Å²) in [5.74, 6) is 0.809. The Hall–Kier alpha value is -0.970. The summed E-state index contributed by atoms with van der Waals surface area (Å²) < 4.78 is 40.4. The Labute approximate surface area is 179 Å². The summed E-state index contributed by atoms with van der Waals surface area (Å²) in [6.07, 6.45) is 1.11. The Kier molecular flexibility index (Phi) is 13.6. The Morgan fingerprint density at radius 1 is 1.04 bits per heavy atom. The van der Waals surface area contributed by atoms with Crippen LogP contribution in [0.15, 0.2) is 47.5 Å². The van der Waals surface area contributed by atoms with E-state index in [0.717, 1.165) is 11.1 Å². The van der Waals surface area contributed by atoms with Crippen molar-refractivity contribution in [3.8, 4) is 0 Å². The number of aromatic nitrogens is 1. The van der Waals surface area contributed by atoms with Crippen LogP contribution in [0.25, 0.3) is 0 Å². The van der Waals surface area contributed by atoms with E-state index in [1.54, 1.807) is 30.5 Å². The maximum atomic E-state index is 10.5. The maximum Gasteiger partial charge on any atom is 0.294 e. The van der Waals surface area contributed by atoms with Gasteiger partial charge in [-0.05, 0) is 31.2 Å². The molecule has 28 heavy (non-hydrogen) atoms. The highest BCUT2D eigenvalue weighted by Crippen LogP contribution is 2.19. The third kappa shape index (κ3) is 10.5. The van der Waals surface area contributed by atoms with Gasteiger partial charge in [-0.15, -0.1) is 23.2 Å². The smallest absolute Gasteiger partial charge is 0.294 e. The molecule has 0 fully saturated rings. The fraction of sp³-hybridized carbons (Fsp3) is 0.353. The number of hydrogen-bond donors (Lipinski definition) is 1. The zero-order valence-corrected chi connectivity index (χ0v) is 18.1. The minimum atomic E-state index is -4.02. The third-order valence-corrected chi connectivity index (χ3v) is 4.43. The summed E-state index contributed by atoms with van der Waals surface area (Å²) in [4.78, 5) is 3.89.